The molecule has 4 rings (SSSR count). The lowest BCUT2D eigenvalue weighted by Gasteiger charge is -2.36. The Balaban J connectivity index is 1.93. The van der Waals surface area contributed by atoms with Crippen LogP contribution < -0.4 is 0 Å². The quantitative estimate of drug-likeness (QED) is 0.305. The van der Waals surface area contributed by atoms with Crippen LogP contribution in [0.25, 0.3) is 0 Å². The molecule has 1 unspecified atom stereocenters. The van der Waals surface area contributed by atoms with Gasteiger partial charge in [0, 0.05) is 22.3 Å². The van der Waals surface area contributed by atoms with Crippen LogP contribution in [0.1, 0.15) is 55.5 Å². The van der Waals surface area contributed by atoms with Crippen LogP contribution >= 0.6 is 0 Å². The summed E-state index contributed by atoms with van der Waals surface area (Å²) >= 11 is 0. The number of esters is 1. The summed E-state index contributed by atoms with van der Waals surface area (Å²) in [5.41, 5.74) is 3.27. The SMILES string of the molecule is CCc1ccc2c(c1)C(=O)c1ccccc1C2(OO)OC(=O)c1ccccc1C. The monoisotopic (exact) mass is 388 g/mol. The number of aryl methyl sites for hydroxylation is 2. The summed E-state index contributed by atoms with van der Waals surface area (Å²) in [5.74, 6) is -2.80. The van der Waals surface area contributed by atoms with Crippen LogP contribution in [-0.2, 0) is 21.8 Å². The first-order valence-corrected chi connectivity index (χ1v) is 9.41. The first-order valence-electron chi connectivity index (χ1n) is 9.41. The van der Waals surface area contributed by atoms with Gasteiger partial charge in [0.2, 0.25) is 0 Å². The van der Waals surface area contributed by atoms with Gasteiger partial charge in [0.25, 0.3) is 5.79 Å². The normalized spacial score (nSPS) is 17.4. The van der Waals surface area contributed by atoms with Crippen molar-refractivity contribution in [3.05, 3.63) is 106 Å². The maximum absolute atomic E-state index is 13.1. The Hall–Kier alpha value is -3.28. The Bertz CT molecular complexity index is 1120. The molecule has 0 heterocycles. The second kappa shape index (κ2) is 7.28. The van der Waals surface area contributed by atoms with E-state index >= 15 is 0 Å². The van der Waals surface area contributed by atoms with E-state index in [1.807, 2.05) is 19.1 Å². The average molecular weight is 388 g/mol. The molecule has 29 heavy (non-hydrogen) atoms. The van der Waals surface area contributed by atoms with Crippen molar-refractivity contribution in [1.29, 1.82) is 0 Å². The molecule has 146 valence electrons. The number of carbonyl (C=O) groups is 2. The van der Waals surface area contributed by atoms with Gasteiger partial charge in [0.15, 0.2) is 5.78 Å². The molecule has 3 aromatic rings. The van der Waals surface area contributed by atoms with E-state index < -0.39 is 11.8 Å². The summed E-state index contributed by atoms with van der Waals surface area (Å²) < 4.78 is 5.81. The highest BCUT2D eigenvalue weighted by atomic mass is 17.1. The van der Waals surface area contributed by atoms with Gasteiger partial charge in [-0.2, -0.15) is 4.89 Å². The fraction of sp³-hybridized carbons (Fsp3) is 0.167. The Morgan fingerprint density at radius 3 is 2.38 bits per heavy atom. The lowest BCUT2D eigenvalue weighted by Crippen LogP contribution is -2.42. The summed E-state index contributed by atoms with van der Waals surface area (Å²) in [6, 6.07) is 18.9. The molecule has 1 N–H and O–H groups in total. The van der Waals surface area contributed by atoms with Crippen molar-refractivity contribution in [3.8, 4) is 0 Å². The number of ketones is 1. The van der Waals surface area contributed by atoms with Crippen LogP contribution in [0, 0.1) is 6.92 Å². The molecular formula is C24H20O5. The number of carbonyl (C=O) groups excluding carboxylic acids is 2. The third-order valence-corrected chi connectivity index (χ3v) is 5.35. The van der Waals surface area contributed by atoms with Gasteiger partial charge in [-0.1, -0.05) is 61.5 Å². The van der Waals surface area contributed by atoms with E-state index in [1.54, 1.807) is 61.5 Å². The standard InChI is InChI=1S/C24H20O5/c1-3-16-12-13-21-19(14-16)22(25)18-10-6-7-11-20(18)24(21,29-27)28-23(26)17-9-5-4-8-15(17)2/h4-14,27H,3H2,1-2H3. The lowest BCUT2D eigenvalue weighted by molar-refractivity contribution is -0.380. The van der Waals surface area contributed by atoms with Crippen LogP contribution in [0.4, 0.5) is 0 Å². The van der Waals surface area contributed by atoms with Crippen molar-refractivity contribution >= 4 is 11.8 Å². The Morgan fingerprint density at radius 2 is 1.66 bits per heavy atom. The van der Waals surface area contributed by atoms with E-state index in [-0.39, 0.29) is 11.3 Å². The predicted molar refractivity (Wildman–Crippen MR) is 107 cm³/mol. The predicted octanol–water partition coefficient (Wildman–Crippen LogP) is 4.65. The van der Waals surface area contributed by atoms with Crippen molar-refractivity contribution in [2.24, 2.45) is 0 Å². The number of fused-ring (bicyclic) bond motifs is 2. The molecule has 1 atom stereocenters. The van der Waals surface area contributed by atoms with E-state index in [1.165, 1.54) is 0 Å². The zero-order valence-corrected chi connectivity index (χ0v) is 16.1. The summed E-state index contributed by atoms with van der Waals surface area (Å²) in [6.45, 7) is 3.78. The Labute approximate surface area is 168 Å². The zero-order valence-electron chi connectivity index (χ0n) is 16.1. The summed E-state index contributed by atoms with van der Waals surface area (Å²) in [4.78, 5) is 31.0. The van der Waals surface area contributed by atoms with E-state index in [2.05, 4.69) is 0 Å². The smallest absolute Gasteiger partial charge is 0.341 e. The molecule has 5 nitrogen and oxygen atoms in total. The van der Waals surface area contributed by atoms with E-state index in [0.29, 0.717) is 22.3 Å². The molecule has 0 saturated heterocycles. The lowest BCUT2D eigenvalue weighted by atomic mass is 9.79. The van der Waals surface area contributed by atoms with Crippen molar-refractivity contribution < 1.29 is 24.5 Å². The highest BCUT2D eigenvalue weighted by Gasteiger charge is 2.49. The maximum Gasteiger partial charge on any atom is 0.341 e. The first kappa shape index (κ1) is 19.1. The van der Waals surface area contributed by atoms with Crippen LogP contribution in [0.5, 0.6) is 0 Å². The molecule has 0 amide bonds. The van der Waals surface area contributed by atoms with Gasteiger partial charge < -0.3 is 4.74 Å². The minimum absolute atomic E-state index is 0.203. The molecular weight excluding hydrogens is 368 g/mol. The van der Waals surface area contributed by atoms with Gasteiger partial charge in [-0.25, -0.2) is 10.1 Å². The van der Waals surface area contributed by atoms with Crippen LogP contribution in [0.15, 0.2) is 66.7 Å². The largest absolute Gasteiger partial charge is 0.418 e. The summed E-state index contributed by atoms with van der Waals surface area (Å²) in [6.07, 6.45) is 0.734. The van der Waals surface area contributed by atoms with Crippen LogP contribution in [0.3, 0.4) is 0 Å². The van der Waals surface area contributed by atoms with E-state index in [9.17, 15) is 14.8 Å². The van der Waals surface area contributed by atoms with Crippen LogP contribution in [0.2, 0.25) is 0 Å². The molecule has 3 aromatic carbocycles. The third-order valence-electron chi connectivity index (χ3n) is 5.35. The second-order valence-corrected chi connectivity index (χ2v) is 7.02. The van der Waals surface area contributed by atoms with Gasteiger partial charge in [0.05, 0.1) is 5.56 Å². The van der Waals surface area contributed by atoms with Gasteiger partial charge in [-0.05, 0) is 36.6 Å². The fourth-order valence-electron chi connectivity index (χ4n) is 3.76. The minimum Gasteiger partial charge on any atom is -0.418 e. The second-order valence-electron chi connectivity index (χ2n) is 7.02. The molecule has 0 aromatic heterocycles. The van der Waals surface area contributed by atoms with Crippen molar-refractivity contribution in [3.63, 3.8) is 0 Å². The zero-order chi connectivity index (χ0) is 20.6. The van der Waals surface area contributed by atoms with Gasteiger partial charge in [-0.15, -0.1) is 0 Å². The molecule has 0 fully saturated rings. The van der Waals surface area contributed by atoms with Crippen molar-refractivity contribution in [1.82, 2.24) is 0 Å². The molecule has 0 saturated carbocycles. The number of rotatable bonds is 4. The number of hydrogen-bond acceptors (Lipinski definition) is 5. The van der Waals surface area contributed by atoms with Crippen molar-refractivity contribution in [2.45, 2.75) is 26.1 Å². The molecule has 0 aliphatic heterocycles. The maximum atomic E-state index is 13.1. The van der Waals surface area contributed by atoms with Gasteiger partial charge in [0.1, 0.15) is 0 Å². The van der Waals surface area contributed by atoms with Crippen LogP contribution in [-0.4, -0.2) is 17.0 Å². The first-order chi connectivity index (χ1) is 14.0. The molecule has 0 bridgehead atoms. The Kier molecular flexibility index (Phi) is 4.78. The topological polar surface area (TPSA) is 72.8 Å². The highest BCUT2D eigenvalue weighted by Crippen LogP contribution is 2.44. The van der Waals surface area contributed by atoms with Gasteiger partial charge >= 0.3 is 5.97 Å². The average Bonchev–Trinajstić information content (AvgIpc) is 2.76. The molecule has 1 aliphatic rings. The summed E-state index contributed by atoms with van der Waals surface area (Å²) in [5, 5.41) is 10.0. The molecule has 0 radical (unpaired) electrons. The molecule has 0 spiro atoms. The number of benzene rings is 3. The van der Waals surface area contributed by atoms with E-state index in [0.717, 1.165) is 17.5 Å². The number of ether oxygens (including phenoxy) is 1. The third kappa shape index (κ3) is 2.95. The molecule has 5 heteroatoms. The summed E-state index contributed by atoms with van der Waals surface area (Å²) in [7, 11) is 0. The molecule has 1 aliphatic carbocycles. The van der Waals surface area contributed by atoms with Crippen molar-refractivity contribution in [2.75, 3.05) is 0 Å². The Morgan fingerprint density at radius 1 is 0.966 bits per heavy atom. The highest BCUT2D eigenvalue weighted by molar-refractivity contribution is 6.13. The number of hydrogen-bond donors (Lipinski definition) is 1. The minimum atomic E-state index is -1.94. The van der Waals surface area contributed by atoms with E-state index in [4.69, 9.17) is 9.62 Å². The van der Waals surface area contributed by atoms with Gasteiger partial charge in [-0.3, -0.25) is 4.79 Å². The fourth-order valence-corrected chi connectivity index (χ4v) is 3.76.